The molecule has 1 heterocycles. The molecule has 0 aliphatic carbocycles. The van der Waals surface area contributed by atoms with Gasteiger partial charge in [-0.05, 0) is 28.1 Å². The summed E-state index contributed by atoms with van der Waals surface area (Å²) in [5.41, 5.74) is 6.16. The first-order chi connectivity index (χ1) is 8.47. The first-order valence-corrected chi connectivity index (χ1v) is 7.33. The van der Waals surface area contributed by atoms with Gasteiger partial charge in [0.05, 0.1) is 4.47 Å². The summed E-state index contributed by atoms with van der Waals surface area (Å²) in [6, 6.07) is 2.94. The van der Waals surface area contributed by atoms with Crippen LogP contribution in [0.15, 0.2) is 25.8 Å². The Morgan fingerprint density at radius 3 is 2.72 bits per heavy atom. The first kappa shape index (κ1) is 13.6. The van der Waals surface area contributed by atoms with Crippen LogP contribution < -0.4 is 10.6 Å². The quantitative estimate of drug-likeness (QED) is 0.863. The zero-order valence-electron chi connectivity index (χ0n) is 9.65. The number of anilines is 2. The van der Waals surface area contributed by atoms with E-state index >= 15 is 0 Å². The lowest BCUT2D eigenvalue weighted by atomic mass is 10.3. The van der Waals surface area contributed by atoms with Crippen LogP contribution in [0.2, 0.25) is 0 Å². The number of benzene rings is 1. The van der Waals surface area contributed by atoms with Crippen molar-refractivity contribution in [2.24, 2.45) is 0 Å². The van der Waals surface area contributed by atoms with Crippen LogP contribution >= 0.6 is 39.0 Å². The van der Waals surface area contributed by atoms with E-state index in [1.165, 1.54) is 29.2 Å². The average molecular weight is 349 g/mol. The third-order valence-electron chi connectivity index (χ3n) is 2.03. The van der Waals surface area contributed by atoms with Gasteiger partial charge in [-0.2, -0.15) is 0 Å². The second-order valence-electron chi connectivity index (χ2n) is 3.65. The molecule has 1 aromatic heterocycles. The van der Waals surface area contributed by atoms with E-state index in [0.29, 0.717) is 10.2 Å². The number of nitrogens with two attached hydrogens (primary N) is 1. The zero-order valence-corrected chi connectivity index (χ0v) is 12.9. The minimum absolute atomic E-state index is 0.372. The van der Waals surface area contributed by atoms with Gasteiger partial charge in [-0.25, -0.2) is 4.39 Å². The molecule has 8 heteroatoms. The molecule has 0 spiro atoms. The maximum atomic E-state index is 13.2. The monoisotopic (exact) mass is 348 g/mol. The SMILES string of the molecule is CN(C)c1nnc(Sc2cc(Br)c(F)cc2N)s1. The molecule has 2 rings (SSSR count). The average Bonchev–Trinajstić information content (AvgIpc) is 2.74. The van der Waals surface area contributed by atoms with Gasteiger partial charge in [0.1, 0.15) is 5.82 Å². The third-order valence-corrected chi connectivity index (χ3v) is 4.85. The molecule has 0 radical (unpaired) electrons. The standard InChI is InChI=1S/C10H10BrFN4S2/c1-16(2)9-14-15-10(18-9)17-8-3-5(11)6(12)4-7(8)13/h3-4H,13H2,1-2H3. The smallest absolute Gasteiger partial charge is 0.208 e. The summed E-state index contributed by atoms with van der Waals surface area (Å²) in [5, 5.41) is 8.90. The van der Waals surface area contributed by atoms with Crippen LogP contribution in [0.4, 0.5) is 15.2 Å². The molecule has 0 atom stereocenters. The normalized spacial score (nSPS) is 10.7. The van der Waals surface area contributed by atoms with Crippen LogP contribution in [0.5, 0.6) is 0 Å². The van der Waals surface area contributed by atoms with E-state index in [9.17, 15) is 4.39 Å². The first-order valence-electron chi connectivity index (χ1n) is 4.90. The number of hydrogen-bond acceptors (Lipinski definition) is 6. The fourth-order valence-corrected chi connectivity index (χ4v) is 3.43. The minimum Gasteiger partial charge on any atom is -0.398 e. The maximum absolute atomic E-state index is 13.2. The van der Waals surface area contributed by atoms with E-state index in [4.69, 9.17) is 5.73 Å². The molecule has 0 bridgehead atoms. The minimum atomic E-state index is -0.372. The molecule has 0 amide bonds. The number of rotatable bonds is 3. The van der Waals surface area contributed by atoms with Crippen LogP contribution in [-0.4, -0.2) is 24.3 Å². The fourth-order valence-electron chi connectivity index (χ4n) is 1.15. The molecule has 96 valence electrons. The summed E-state index contributed by atoms with van der Waals surface area (Å²) in [7, 11) is 3.80. The van der Waals surface area contributed by atoms with Crippen LogP contribution in [0.25, 0.3) is 0 Å². The van der Waals surface area contributed by atoms with E-state index < -0.39 is 0 Å². The Morgan fingerprint density at radius 1 is 1.39 bits per heavy atom. The van der Waals surface area contributed by atoms with Gasteiger partial charge in [-0.15, -0.1) is 10.2 Å². The van der Waals surface area contributed by atoms with Gasteiger partial charge in [0.2, 0.25) is 5.13 Å². The van der Waals surface area contributed by atoms with E-state index in [2.05, 4.69) is 26.1 Å². The van der Waals surface area contributed by atoms with Gasteiger partial charge in [-0.3, -0.25) is 0 Å². The number of halogens is 2. The van der Waals surface area contributed by atoms with Crippen LogP contribution in [-0.2, 0) is 0 Å². The molecule has 0 saturated heterocycles. The van der Waals surface area contributed by atoms with Crippen molar-refractivity contribution in [1.82, 2.24) is 10.2 Å². The van der Waals surface area contributed by atoms with Crippen molar-refractivity contribution in [1.29, 1.82) is 0 Å². The summed E-state index contributed by atoms with van der Waals surface area (Å²) >= 11 is 5.97. The molecular weight excluding hydrogens is 339 g/mol. The second-order valence-corrected chi connectivity index (χ2v) is 6.75. The molecular formula is C10H10BrFN4S2. The number of nitrogens with zero attached hydrogens (tertiary/aromatic N) is 3. The van der Waals surface area contributed by atoms with Gasteiger partial charge in [0, 0.05) is 24.7 Å². The second kappa shape index (κ2) is 5.41. The Morgan fingerprint density at radius 2 is 2.11 bits per heavy atom. The Labute approximate surface area is 121 Å². The lowest BCUT2D eigenvalue weighted by Crippen LogP contribution is -2.07. The van der Waals surface area contributed by atoms with E-state index in [1.54, 1.807) is 6.07 Å². The van der Waals surface area contributed by atoms with Gasteiger partial charge < -0.3 is 10.6 Å². The van der Waals surface area contributed by atoms with Crippen LogP contribution in [0, 0.1) is 5.82 Å². The molecule has 0 fully saturated rings. The molecule has 1 aromatic carbocycles. The van der Waals surface area contributed by atoms with E-state index in [-0.39, 0.29) is 5.82 Å². The van der Waals surface area contributed by atoms with Crippen LogP contribution in [0.3, 0.4) is 0 Å². The van der Waals surface area contributed by atoms with Gasteiger partial charge in [0.15, 0.2) is 4.34 Å². The number of aromatic nitrogens is 2. The van der Waals surface area contributed by atoms with Crippen molar-refractivity contribution >= 4 is 49.8 Å². The summed E-state index contributed by atoms with van der Waals surface area (Å²) in [4.78, 5) is 2.63. The summed E-state index contributed by atoms with van der Waals surface area (Å²) in [6.45, 7) is 0. The van der Waals surface area contributed by atoms with Crippen molar-refractivity contribution in [2.75, 3.05) is 24.7 Å². The molecule has 0 saturated carbocycles. The van der Waals surface area contributed by atoms with Crippen molar-refractivity contribution in [3.05, 3.63) is 22.4 Å². The van der Waals surface area contributed by atoms with Gasteiger partial charge in [-0.1, -0.05) is 23.1 Å². The molecule has 0 aliphatic rings. The highest BCUT2D eigenvalue weighted by molar-refractivity contribution is 9.10. The molecule has 4 nitrogen and oxygen atoms in total. The van der Waals surface area contributed by atoms with Crippen molar-refractivity contribution in [3.8, 4) is 0 Å². The largest absolute Gasteiger partial charge is 0.398 e. The van der Waals surface area contributed by atoms with Crippen molar-refractivity contribution in [2.45, 2.75) is 9.24 Å². The zero-order chi connectivity index (χ0) is 13.3. The third kappa shape index (κ3) is 2.93. The number of nitrogen functional groups attached to an aromatic ring is 1. The van der Waals surface area contributed by atoms with Crippen molar-refractivity contribution < 1.29 is 4.39 Å². The molecule has 2 aromatic rings. The fraction of sp³-hybridized carbons (Fsp3) is 0.200. The lowest BCUT2D eigenvalue weighted by Gasteiger charge is -2.05. The summed E-state index contributed by atoms with van der Waals surface area (Å²) < 4.78 is 14.4. The molecule has 18 heavy (non-hydrogen) atoms. The van der Waals surface area contributed by atoms with E-state index in [0.717, 1.165) is 14.4 Å². The Balaban J connectivity index is 2.25. The summed E-state index contributed by atoms with van der Waals surface area (Å²) in [5.74, 6) is -0.372. The Bertz CT molecular complexity index is 573. The lowest BCUT2D eigenvalue weighted by molar-refractivity contribution is 0.620. The van der Waals surface area contributed by atoms with Gasteiger partial charge >= 0.3 is 0 Å². The van der Waals surface area contributed by atoms with E-state index in [1.807, 2.05) is 19.0 Å². The number of hydrogen-bond donors (Lipinski definition) is 1. The topological polar surface area (TPSA) is 55.0 Å². The highest BCUT2D eigenvalue weighted by atomic mass is 79.9. The predicted molar refractivity (Wildman–Crippen MR) is 76.9 cm³/mol. The highest BCUT2D eigenvalue weighted by Gasteiger charge is 2.11. The molecule has 0 aliphatic heterocycles. The predicted octanol–water partition coefficient (Wildman–Crippen LogP) is 3.24. The summed E-state index contributed by atoms with van der Waals surface area (Å²) in [6.07, 6.45) is 0. The Hall–Kier alpha value is -0.860. The highest BCUT2D eigenvalue weighted by Crippen LogP contribution is 2.37. The Kier molecular flexibility index (Phi) is 4.08. The van der Waals surface area contributed by atoms with Crippen molar-refractivity contribution in [3.63, 3.8) is 0 Å². The maximum Gasteiger partial charge on any atom is 0.208 e. The molecule has 0 unspecified atom stereocenters. The van der Waals surface area contributed by atoms with Crippen LogP contribution in [0.1, 0.15) is 0 Å². The molecule has 2 N–H and O–H groups in total. The van der Waals surface area contributed by atoms with Gasteiger partial charge in [0.25, 0.3) is 0 Å².